The van der Waals surface area contributed by atoms with Crippen molar-refractivity contribution in [2.45, 2.75) is 417 Å². The van der Waals surface area contributed by atoms with Gasteiger partial charge in [0, 0.05) is 0 Å². The van der Waals surface area contributed by atoms with Gasteiger partial charge in [-0.15, -0.1) is 0 Å². The molecule has 0 aromatic carbocycles. The van der Waals surface area contributed by atoms with E-state index < -0.39 is 0 Å². The Bertz CT molecular complexity index is 1110. The molecule has 8 rings (SSSR count). The first-order valence-corrected chi connectivity index (χ1v) is 37.3. The zero-order valence-corrected chi connectivity index (χ0v) is 73.0. The van der Waals surface area contributed by atoms with Gasteiger partial charge in [-0.3, -0.25) is 0 Å². The van der Waals surface area contributed by atoms with E-state index in [1.165, 1.54) is 231 Å². The minimum Gasteiger partial charge on any atom is -0.358 e. The van der Waals surface area contributed by atoms with Crippen LogP contribution in [-0.2, 0) is 78.5 Å². The van der Waals surface area contributed by atoms with Crippen LogP contribution < -0.4 is 0 Å². The molecule has 86 heavy (non-hydrogen) atoms. The number of hydrogen-bond acceptors (Lipinski definition) is 4. The van der Waals surface area contributed by atoms with E-state index in [9.17, 15) is 0 Å². The van der Waals surface area contributed by atoms with E-state index in [-0.39, 0.29) is 81.6 Å². The largest absolute Gasteiger partial charge is 0.358 e. The number of rotatable bonds is 8. The second-order valence-corrected chi connectivity index (χ2v) is 32.2. The molecule has 0 bridgehead atoms. The molecule has 8 heteroatoms. The van der Waals surface area contributed by atoms with E-state index in [2.05, 4.69) is 152 Å². The van der Waals surface area contributed by atoms with E-state index >= 15 is 0 Å². The van der Waals surface area contributed by atoms with E-state index in [0.29, 0.717) is 10.8 Å². The molecule has 0 saturated heterocycles. The van der Waals surface area contributed by atoms with Gasteiger partial charge in [0.05, 0.1) is 0 Å². The number of nitrogens with zero attached hydrogens (tertiary/aromatic N) is 4. The topological polar surface area (TPSA) is 49.4 Å². The van der Waals surface area contributed by atoms with Gasteiger partial charge in [0.25, 0.3) is 0 Å². The SMILES string of the molecule is C1CCCC1.C1CCCC1.C1CCCC1.C1CCCC1.CC(C)(C)CC(C)(C)[N]=[Mo].CC(C)(C)CC(C)(C)[N]=[Mo].CC1CCCC1.CC1CCCC1.CC1CCCC1.CC1CCCC1.CCC(C)(C)[N]=[Mo].CCC(C)(C)[N]=[Mo].[CH3-].[CH3-].[CH3-].[CH3-].[CH3-].[CH3-].[CH3-].[CH3-]. The Hall–Kier alpha value is 1.95. The Morgan fingerprint density at radius 3 is 0.384 bits per heavy atom. The Morgan fingerprint density at radius 2 is 0.349 bits per heavy atom. The summed E-state index contributed by atoms with van der Waals surface area (Å²) in [6.45, 7) is 44.4. The van der Waals surface area contributed by atoms with Crippen molar-refractivity contribution in [1.82, 2.24) is 0 Å². The fraction of sp³-hybridized carbons (Fsp3) is 0.897. The molecule has 8 aliphatic carbocycles. The quantitative estimate of drug-likeness (QED) is 0.172. The summed E-state index contributed by atoms with van der Waals surface area (Å²) >= 11 is 7.26. The maximum absolute atomic E-state index is 4.32. The van der Waals surface area contributed by atoms with Crippen LogP contribution in [0.1, 0.15) is 395 Å². The van der Waals surface area contributed by atoms with Crippen LogP contribution in [0.4, 0.5) is 0 Å². The van der Waals surface area contributed by atoms with Crippen LogP contribution >= 0.6 is 0 Å². The van der Waals surface area contributed by atoms with Gasteiger partial charge in [-0.25, -0.2) is 0 Å². The molecule has 0 radical (unpaired) electrons. The van der Waals surface area contributed by atoms with Crippen LogP contribution in [0.3, 0.4) is 0 Å². The second-order valence-electron chi connectivity index (χ2n) is 30.4. The Kier molecular flexibility index (Phi) is 97.5. The summed E-state index contributed by atoms with van der Waals surface area (Å²) in [6, 6.07) is 0. The molecule has 0 aromatic heterocycles. The molecule has 0 unspecified atom stereocenters. The van der Waals surface area contributed by atoms with Crippen molar-refractivity contribution < 1.29 is 78.5 Å². The molecule has 8 fully saturated rings. The van der Waals surface area contributed by atoms with Gasteiger partial charge in [-0.1, -0.05) is 259 Å². The zero-order valence-electron chi connectivity index (χ0n) is 65.0. The summed E-state index contributed by atoms with van der Waals surface area (Å²) in [4.78, 5) is 0. The molecule has 0 N–H and O–H groups in total. The Balaban J connectivity index is -0.0000000692. The molecule has 532 valence electrons. The minimum absolute atomic E-state index is 0. The van der Waals surface area contributed by atoms with Crippen molar-refractivity contribution in [2.24, 2.45) is 48.5 Å². The third-order valence-corrected chi connectivity index (χ3v) is 21.1. The van der Waals surface area contributed by atoms with Crippen LogP contribution in [0.25, 0.3) is 0 Å². The summed E-state index contributed by atoms with van der Waals surface area (Å²) < 4.78 is 16.9. The predicted octanol–water partition coefficient (Wildman–Crippen LogP) is 29.9. The fourth-order valence-electron chi connectivity index (χ4n) is 10.8. The van der Waals surface area contributed by atoms with Crippen molar-refractivity contribution in [3.8, 4) is 0 Å². The third-order valence-electron chi connectivity index (χ3n) is 16.2. The first kappa shape index (κ1) is 115. The summed E-state index contributed by atoms with van der Waals surface area (Å²) in [6.07, 6.45) is 58.4. The van der Waals surface area contributed by atoms with E-state index in [0.717, 1.165) is 49.4 Å². The molecular weight excluding hydrogens is 1380 g/mol. The standard InChI is InChI=1S/2C8H17N.4C6H12.2C5H11N.4C5H10.8CH3.4Mo/c2*1-7(2,3)6-8(4,5)9;4*1-6-4-2-3-5-6;2*1-4-5(2,3)6;4*1-2-4-5-3-1;;;;;;;;;;;;/h2*6H2,1-5H3;4*6H,2-5H2,1H3;2*4H2,1-3H3;4*1-5H2;8*1H3;;;;/q;;;;;;;;;;;;8*-1;;;;. The van der Waals surface area contributed by atoms with Gasteiger partial charge in [0.15, 0.2) is 0 Å². The minimum atomic E-state index is 0. The van der Waals surface area contributed by atoms with Crippen molar-refractivity contribution in [3.63, 3.8) is 0 Å². The average molecular weight is 1550 g/mol. The molecular formula is C78H168Mo4N4-8. The van der Waals surface area contributed by atoms with Gasteiger partial charge in [-0.05, 0) is 23.7 Å². The third kappa shape index (κ3) is 97.0. The summed E-state index contributed by atoms with van der Waals surface area (Å²) in [5.41, 5.74) is 1.52. The molecule has 0 heterocycles. The fourth-order valence-corrected chi connectivity index (χ4v) is 11.8. The van der Waals surface area contributed by atoms with Crippen molar-refractivity contribution in [1.29, 1.82) is 0 Å². The van der Waals surface area contributed by atoms with E-state index in [1.54, 1.807) is 39.3 Å². The van der Waals surface area contributed by atoms with E-state index in [4.69, 9.17) is 0 Å². The molecule has 8 aliphatic rings. The smallest absolute Gasteiger partial charge is 0.358 e. The van der Waals surface area contributed by atoms with Crippen LogP contribution in [-0.4, -0.2) is 22.2 Å². The zero-order chi connectivity index (χ0) is 60.4. The van der Waals surface area contributed by atoms with Crippen LogP contribution in [0.2, 0.25) is 0 Å². The Morgan fingerprint density at radius 1 is 0.233 bits per heavy atom. The van der Waals surface area contributed by atoms with Crippen LogP contribution in [0, 0.1) is 93.9 Å². The maximum Gasteiger partial charge on any atom is -0.358 e. The summed E-state index contributed by atoms with van der Waals surface area (Å²) in [5.74, 6) is 4.19. The second kappa shape index (κ2) is 72.8. The van der Waals surface area contributed by atoms with Crippen molar-refractivity contribution in [2.75, 3.05) is 0 Å². The molecule has 0 spiro atoms. The van der Waals surface area contributed by atoms with Crippen LogP contribution in [0.15, 0.2) is 14.0 Å². The molecule has 4 nitrogen and oxygen atoms in total. The predicted molar refractivity (Wildman–Crippen MR) is 389 cm³/mol. The van der Waals surface area contributed by atoms with Gasteiger partial charge in [0.2, 0.25) is 0 Å². The van der Waals surface area contributed by atoms with Crippen molar-refractivity contribution >= 4 is 0 Å². The first-order valence-electron chi connectivity index (χ1n) is 33.7. The average Bonchev–Trinajstić information content (AvgIpc) is 4.22. The van der Waals surface area contributed by atoms with Gasteiger partial charge in [-0.2, -0.15) is 0 Å². The van der Waals surface area contributed by atoms with Gasteiger partial charge < -0.3 is 59.4 Å². The maximum atomic E-state index is 4.32. The van der Waals surface area contributed by atoms with Gasteiger partial charge in [0.1, 0.15) is 0 Å². The molecule has 0 atom stereocenters. The normalized spacial score (nSPS) is 17.6. The monoisotopic (exact) mass is 1550 g/mol. The molecule has 0 aliphatic heterocycles. The number of hydrogen-bond donors (Lipinski definition) is 0. The van der Waals surface area contributed by atoms with Gasteiger partial charge >= 0.3 is 262 Å². The van der Waals surface area contributed by atoms with Crippen molar-refractivity contribution in [3.05, 3.63) is 59.4 Å². The van der Waals surface area contributed by atoms with Crippen LogP contribution in [0.5, 0.6) is 0 Å². The molecule has 8 saturated carbocycles. The summed E-state index contributed by atoms with van der Waals surface area (Å²) in [5, 5.41) is 0. The molecule has 0 aromatic rings. The Labute approximate surface area is 598 Å². The first-order chi connectivity index (χ1) is 36.4. The summed E-state index contributed by atoms with van der Waals surface area (Å²) in [7, 11) is 0. The van der Waals surface area contributed by atoms with E-state index in [1.807, 2.05) is 39.3 Å². The molecule has 0 amide bonds.